The quantitative estimate of drug-likeness (QED) is 0.270. The smallest absolute Gasteiger partial charge is 0.128 e. The van der Waals surface area contributed by atoms with Crippen molar-refractivity contribution in [3.05, 3.63) is 58.3 Å². The fourth-order valence-corrected chi connectivity index (χ4v) is 8.36. The van der Waals surface area contributed by atoms with E-state index in [1.54, 1.807) is 9.75 Å². The van der Waals surface area contributed by atoms with Gasteiger partial charge in [-0.25, -0.2) is 0 Å². The maximum Gasteiger partial charge on any atom is 0.128 e. The van der Waals surface area contributed by atoms with Crippen LogP contribution in [0.2, 0.25) is 0 Å². The fraction of sp³-hybridized carbons (Fsp3) is 0.467. The highest BCUT2D eigenvalue weighted by atomic mass is 32.1. The zero-order valence-corrected chi connectivity index (χ0v) is 21.1. The fourth-order valence-electron chi connectivity index (χ4n) is 5.95. The molecule has 0 N–H and O–H groups in total. The highest BCUT2D eigenvalue weighted by Crippen LogP contribution is 2.37. The molecule has 2 aliphatic carbocycles. The lowest BCUT2D eigenvalue weighted by Gasteiger charge is -2.20. The van der Waals surface area contributed by atoms with Crippen molar-refractivity contribution >= 4 is 42.8 Å². The van der Waals surface area contributed by atoms with Crippen molar-refractivity contribution in [2.45, 2.75) is 77.0 Å². The molecule has 0 atom stereocenters. The SMILES string of the molecule is c1cc2cc(CC3CCCCC3)sc2cc1Oc1ccc2cc(CC3CCCCC3)sc2c1. The summed E-state index contributed by atoms with van der Waals surface area (Å²) in [6, 6.07) is 18.0. The first-order valence-electron chi connectivity index (χ1n) is 13.0. The number of benzene rings is 2. The molecule has 0 unspecified atom stereocenters. The minimum atomic E-state index is 0.892. The first kappa shape index (κ1) is 21.7. The molecule has 2 aromatic heterocycles. The number of hydrogen-bond donors (Lipinski definition) is 0. The summed E-state index contributed by atoms with van der Waals surface area (Å²) >= 11 is 3.92. The molecule has 2 aromatic carbocycles. The minimum Gasteiger partial charge on any atom is -0.457 e. The van der Waals surface area contributed by atoms with E-state index in [4.69, 9.17) is 4.74 Å². The van der Waals surface area contributed by atoms with Crippen molar-refractivity contribution in [1.29, 1.82) is 0 Å². The van der Waals surface area contributed by atoms with E-state index in [1.165, 1.54) is 97.2 Å². The third-order valence-electron chi connectivity index (χ3n) is 7.75. The summed E-state index contributed by atoms with van der Waals surface area (Å²) in [6.07, 6.45) is 16.7. The monoisotopic (exact) mass is 474 g/mol. The molecule has 33 heavy (non-hydrogen) atoms. The highest BCUT2D eigenvalue weighted by Gasteiger charge is 2.17. The van der Waals surface area contributed by atoms with E-state index in [1.807, 2.05) is 22.7 Å². The Hall–Kier alpha value is -1.84. The zero-order chi connectivity index (χ0) is 22.0. The van der Waals surface area contributed by atoms with E-state index in [2.05, 4.69) is 48.5 Å². The van der Waals surface area contributed by atoms with Gasteiger partial charge in [-0.3, -0.25) is 0 Å². The summed E-state index contributed by atoms with van der Waals surface area (Å²) < 4.78 is 9.03. The van der Waals surface area contributed by atoms with Gasteiger partial charge in [0.2, 0.25) is 0 Å². The minimum absolute atomic E-state index is 0.892. The van der Waals surface area contributed by atoms with E-state index in [-0.39, 0.29) is 0 Å². The van der Waals surface area contributed by atoms with E-state index in [0.717, 1.165) is 23.3 Å². The van der Waals surface area contributed by atoms with Crippen molar-refractivity contribution < 1.29 is 4.74 Å². The van der Waals surface area contributed by atoms with Gasteiger partial charge in [-0.1, -0.05) is 64.2 Å². The zero-order valence-electron chi connectivity index (χ0n) is 19.5. The van der Waals surface area contributed by atoms with Crippen molar-refractivity contribution in [2.75, 3.05) is 0 Å². The van der Waals surface area contributed by atoms with Gasteiger partial charge >= 0.3 is 0 Å². The van der Waals surface area contributed by atoms with Crippen LogP contribution in [0.3, 0.4) is 0 Å². The van der Waals surface area contributed by atoms with Crippen LogP contribution in [-0.4, -0.2) is 0 Å². The summed E-state index contributed by atoms with van der Waals surface area (Å²) in [4.78, 5) is 3.08. The Morgan fingerprint density at radius 1 is 0.576 bits per heavy atom. The molecular formula is C30H34OS2. The molecule has 3 heteroatoms. The van der Waals surface area contributed by atoms with Gasteiger partial charge in [-0.15, -0.1) is 22.7 Å². The van der Waals surface area contributed by atoms with E-state index in [0.29, 0.717) is 0 Å². The first-order valence-corrected chi connectivity index (χ1v) is 14.6. The maximum absolute atomic E-state index is 6.33. The summed E-state index contributed by atoms with van der Waals surface area (Å²) in [7, 11) is 0. The molecule has 0 saturated heterocycles. The highest BCUT2D eigenvalue weighted by molar-refractivity contribution is 7.19. The molecule has 0 bridgehead atoms. The van der Waals surface area contributed by atoms with Gasteiger partial charge in [0.15, 0.2) is 0 Å². The second-order valence-electron chi connectivity index (χ2n) is 10.3. The van der Waals surface area contributed by atoms with E-state index >= 15 is 0 Å². The lowest BCUT2D eigenvalue weighted by Crippen LogP contribution is -2.08. The Labute approximate surface area is 205 Å². The molecule has 0 aliphatic heterocycles. The predicted molar refractivity (Wildman–Crippen MR) is 144 cm³/mol. The summed E-state index contributed by atoms with van der Waals surface area (Å²) in [5.74, 6) is 3.69. The Bertz CT molecular complexity index is 1120. The molecule has 172 valence electrons. The van der Waals surface area contributed by atoms with Gasteiger partial charge in [-0.05, 0) is 84.0 Å². The second-order valence-corrected chi connectivity index (χ2v) is 12.7. The van der Waals surface area contributed by atoms with Gasteiger partial charge in [0, 0.05) is 19.2 Å². The Balaban J connectivity index is 1.16. The van der Waals surface area contributed by atoms with Crippen molar-refractivity contribution in [1.82, 2.24) is 0 Å². The number of thiophene rings is 2. The van der Waals surface area contributed by atoms with Gasteiger partial charge in [-0.2, -0.15) is 0 Å². The number of fused-ring (bicyclic) bond motifs is 2. The molecule has 1 nitrogen and oxygen atoms in total. The van der Waals surface area contributed by atoms with Crippen molar-refractivity contribution in [2.24, 2.45) is 11.8 Å². The van der Waals surface area contributed by atoms with E-state index < -0.39 is 0 Å². The van der Waals surface area contributed by atoms with Crippen molar-refractivity contribution in [3.63, 3.8) is 0 Å². The maximum atomic E-state index is 6.33. The largest absolute Gasteiger partial charge is 0.457 e. The van der Waals surface area contributed by atoms with Gasteiger partial charge in [0.05, 0.1) is 0 Å². The molecule has 0 radical (unpaired) electrons. The number of ether oxygens (including phenoxy) is 1. The average Bonchev–Trinajstić information content (AvgIpc) is 3.42. The van der Waals surface area contributed by atoms with Crippen LogP contribution in [0.1, 0.15) is 74.0 Å². The van der Waals surface area contributed by atoms with Crippen LogP contribution in [0.25, 0.3) is 20.2 Å². The van der Waals surface area contributed by atoms with Crippen LogP contribution in [0, 0.1) is 11.8 Å². The lowest BCUT2D eigenvalue weighted by molar-refractivity contribution is 0.358. The van der Waals surface area contributed by atoms with Crippen LogP contribution < -0.4 is 4.74 Å². The Morgan fingerprint density at radius 3 is 1.48 bits per heavy atom. The standard InChI is InChI=1S/C30H34OS2/c1-3-7-21(8-4-1)15-27-17-23-11-13-25(19-29(23)32-27)31-26-14-12-24-18-28(33-30(24)20-26)16-22-9-5-2-6-10-22/h11-14,17-22H,1-10,15-16H2. The molecular weight excluding hydrogens is 440 g/mol. The summed E-state index contributed by atoms with van der Waals surface area (Å²) in [5.41, 5.74) is 0. The third-order valence-corrected chi connectivity index (χ3v) is 9.99. The molecule has 2 fully saturated rings. The van der Waals surface area contributed by atoms with Crippen LogP contribution in [0.4, 0.5) is 0 Å². The molecule has 0 spiro atoms. The molecule has 6 rings (SSSR count). The van der Waals surface area contributed by atoms with E-state index in [9.17, 15) is 0 Å². The number of rotatable bonds is 6. The van der Waals surface area contributed by atoms with Crippen LogP contribution in [0.5, 0.6) is 11.5 Å². The van der Waals surface area contributed by atoms with Gasteiger partial charge < -0.3 is 4.74 Å². The molecule has 2 saturated carbocycles. The molecule has 0 amide bonds. The predicted octanol–water partition coefficient (Wildman–Crippen LogP) is 10.2. The average molecular weight is 475 g/mol. The Kier molecular flexibility index (Phi) is 6.44. The van der Waals surface area contributed by atoms with Gasteiger partial charge in [0.1, 0.15) is 11.5 Å². The van der Waals surface area contributed by atoms with Crippen molar-refractivity contribution in [3.8, 4) is 11.5 Å². The molecule has 2 heterocycles. The van der Waals surface area contributed by atoms with Crippen LogP contribution >= 0.6 is 22.7 Å². The first-order chi connectivity index (χ1) is 16.3. The topological polar surface area (TPSA) is 9.23 Å². The van der Waals surface area contributed by atoms with Crippen LogP contribution in [-0.2, 0) is 12.8 Å². The van der Waals surface area contributed by atoms with Crippen LogP contribution in [0.15, 0.2) is 48.5 Å². The van der Waals surface area contributed by atoms with Gasteiger partial charge in [0.25, 0.3) is 0 Å². The Morgan fingerprint density at radius 2 is 1.03 bits per heavy atom. The molecule has 2 aliphatic rings. The summed E-state index contributed by atoms with van der Waals surface area (Å²) in [5, 5.41) is 2.72. The summed E-state index contributed by atoms with van der Waals surface area (Å²) in [6.45, 7) is 0. The second kappa shape index (κ2) is 9.80. The third kappa shape index (κ3) is 5.15. The lowest BCUT2D eigenvalue weighted by atomic mass is 9.86. The molecule has 4 aromatic rings. The number of hydrogen-bond acceptors (Lipinski definition) is 3. The normalized spacial score (nSPS) is 18.3.